The van der Waals surface area contributed by atoms with E-state index in [0.29, 0.717) is 6.42 Å². The molecule has 0 radical (unpaired) electrons. The van der Waals surface area contributed by atoms with E-state index in [-0.39, 0.29) is 5.17 Å². The Bertz CT molecular complexity index is 394. The van der Waals surface area contributed by atoms with E-state index >= 15 is 0 Å². The van der Waals surface area contributed by atoms with E-state index in [1.807, 2.05) is 0 Å². The van der Waals surface area contributed by atoms with Gasteiger partial charge in [-0.3, -0.25) is 0 Å². The van der Waals surface area contributed by atoms with Crippen LogP contribution >= 0.6 is 11.6 Å². The fraction of sp³-hybridized carbons (Fsp3) is 0.333. The summed E-state index contributed by atoms with van der Waals surface area (Å²) in [7, 11) is -3.38. The van der Waals surface area contributed by atoms with Crippen molar-refractivity contribution in [2.24, 2.45) is 9.98 Å². The summed E-state index contributed by atoms with van der Waals surface area (Å²) in [5.74, 6) is 0. The monoisotopic (exact) mass is 248 g/mol. The van der Waals surface area contributed by atoms with E-state index in [1.54, 1.807) is 19.1 Å². The first kappa shape index (κ1) is 14.1. The van der Waals surface area contributed by atoms with Crippen molar-refractivity contribution >= 4 is 32.8 Å². The number of nitrogens with zero attached hydrogens (tertiary/aromatic N) is 2. The lowest BCUT2D eigenvalue weighted by Gasteiger charge is -1.94. The summed E-state index contributed by atoms with van der Waals surface area (Å²) in [5.41, 5.74) is 1.34. The molecule has 0 saturated carbocycles. The first-order valence-electron chi connectivity index (χ1n) is 4.19. The van der Waals surface area contributed by atoms with Crippen molar-refractivity contribution in [3.63, 3.8) is 0 Å². The summed E-state index contributed by atoms with van der Waals surface area (Å²) < 4.78 is 22.4. The van der Waals surface area contributed by atoms with Crippen molar-refractivity contribution < 1.29 is 8.42 Å². The Hall–Kier alpha value is -0.940. The molecule has 4 nitrogen and oxygen atoms in total. The minimum Gasteiger partial charge on any atom is -0.231 e. The van der Waals surface area contributed by atoms with Crippen molar-refractivity contribution in [3.05, 3.63) is 23.9 Å². The molecule has 0 aromatic carbocycles. The fourth-order valence-corrected chi connectivity index (χ4v) is 1.23. The van der Waals surface area contributed by atoms with Crippen LogP contribution in [0.3, 0.4) is 0 Å². The summed E-state index contributed by atoms with van der Waals surface area (Å²) >= 11 is 5.29. The first-order chi connectivity index (χ1) is 7.02. The van der Waals surface area contributed by atoms with Gasteiger partial charge in [-0.25, -0.2) is 18.4 Å². The van der Waals surface area contributed by atoms with Gasteiger partial charge in [0.25, 0.3) is 0 Å². The highest BCUT2D eigenvalue weighted by Crippen LogP contribution is 1.94. The van der Waals surface area contributed by atoms with Crippen LogP contribution in [-0.2, 0) is 9.84 Å². The third-order valence-corrected chi connectivity index (χ3v) is 2.25. The molecule has 0 rings (SSSR count). The van der Waals surface area contributed by atoms with Gasteiger partial charge in [0.15, 0.2) is 0 Å². The smallest absolute Gasteiger partial charge is 0.231 e. The SMILES string of the molecule is C/C=C/N=C(\N=C\C/C=C/Cl)S(C)(=O)=O. The van der Waals surface area contributed by atoms with Gasteiger partial charge in [0.1, 0.15) is 0 Å². The molecule has 0 spiro atoms. The van der Waals surface area contributed by atoms with Gasteiger partial charge < -0.3 is 0 Å². The van der Waals surface area contributed by atoms with Gasteiger partial charge in [-0.1, -0.05) is 23.8 Å². The van der Waals surface area contributed by atoms with Crippen molar-refractivity contribution in [2.45, 2.75) is 13.3 Å². The molecule has 0 aliphatic heterocycles. The molecule has 0 fully saturated rings. The van der Waals surface area contributed by atoms with Gasteiger partial charge in [-0.05, 0) is 6.92 Å². The Morgan fingerprint density at radius 3 is 2.60 bits per heavy atom. The summed E-state index contributed by atoms with van der Waals surface area (Å²) in [5, 5.41) is -0.205. The Balaban J connectivity index is 4.76. The van der Waals surface area contributed by atoms with E-state index < -0.39 is 9.84 Å². The van der Waals surface area contributed by atoms with Gasteiger partial charge in [-0.2, -0.15) is 0 Å². The number of hydrogen-bond acceptors (Lipinski definition) is 3. The Labute approximate surface area is 95.0 Å². The van der Waals surface area contributed by atoms with Gasteiger partial charge in [0.05, 0.1) is 0 Å². The quantitative estimate of drug-likeness (QED) is 0.568. The molecule has 0 unspecified atom stereocenters. The van der Waals surface area contributed by atoms with Crippen LogP contribution in [0.15, 0.2) is 33.9 Å². The van der Waals surface area contributed by atoms with Crippen LogP contribution in [0, 0.1) is 0 Å². The average molecular weight is 249 g/mol. The highest BCUT2D eigenvalue weighted by molar-refractivity contribution is 8.05. The zero-order valence-electron chi connectivity index (χ0n) is 8.59. The lowest BCUT2D eigenvalue weighted by atomic mass is 10.5. The van der Waals surface area contributed by atoms with Crippen molar-refractivity contribution in [2.75, 3.05) is 6.26 Å². The average Bonchev–Trinajstić information content (AvgIpc) is 2.15. The normalized spacial score (nSPS) is 14.7. The molecule has 84 valence electrons. The second-order valence-electron chi connectivity index (χ2n) is 2.58. The van der Waals surface area contributed by atoms with E-state index in [2.05, 4.69) is 9.98 Å². The lowest BCUT2D eigenvalue weighted by molar-refractivity contribution is 0.612. The third-order valence-electron chi connectivity index (χ3n) is 1.20. The van der Waals surface area contributed by atoms with Crippen LogP contribution in [0.5, 0.6) is 0 Å². The van der Waals surface area contributed by atoms with Crippen LogP contribution in [0.2, 0.25) is 0 Å². The molecule has 6 heteroatoms. The first-order valence-corrected chi connectivity index (χ1v) is 6.52. The van der Waals surface area contributed by atoms with Crippen LogP contribution in [0.4, 0.5) is 0 Å². The number of hydrogen-bond donors (Lipinski definition) is 0. The molecule has 0 N–H and O–H groups in total. The van der Waals surface area contributed by atoms with Crippen molar-refractivity contribution in [3.8, 4) is 0 Å². The van der Waals surface area contributed by atoms with Crippen molar-refractivity contribution in [1.29, 1.82) is 0 Å². The summed E-state index contributed by atoms with van der Waals surface area (Å²) in [6.07, 6.45) is 7.60. The zero-order chi connectivity index (χ0) is 11.7. The number of allylic oxidation sites excluding steroid dienone is 2. The van der Waals surface area contributed by atoms with E-state index in [4.69, 9.17) is 11.6 Å². The Kier molecular flexibility index (Phi) is 6.90. The number of aliphatic imine (C=N–C) groups is 2. The maximum absolute atomic E-state index is 11.2. The molecule has 0 atom stereocenters. The number of rotatable bonds is 3. The van der Waals surface area contributed by atoms with Crippen LogP contribution in [0.25, 0.3) is 0 Å². The number of amidine groups is 1. The molecule has 0 bridgehead atoms. The second-order valence-corrected chi connectivity index (χ2v) is 4.74. The van der Waals surface area contributed by atoms with E-state index in [0.717, 1.165) is 6.26 Å². The molecule has 0 aliphatic carbocycles. The van der Waals surface area contributed by atoms with Crippen LogP contribution in [-0.4, -0.2) is 26.1 Å². The third kappa shape index (κ3) is 7.04. The van der Waals surface area contributed by atoms with Crippen LogP contribution in [0.1, 0.15) is 13.3 Å². The summed E-state index contributed by atoms with van der Waals surface area (Å²) in [6.45, 7) is 1.74. The highest BCUT2D eigenvalue weighted by Gasteiger charge is 2.09. The van der Waals surface area contributed by atoms with Gasteiger partial charge in [-0.15, -0.1) is 0 Å². The molecule has 0 amide bonds. The Morgan fingerprint density at radius 2 is 2.13 bits per heavy atom. The molecule has 0 aromatic rings. The minimum atomic E-state index is -3.38. The second kappa shape index (κ2) is 7.36. The minimum absolute atomic E-state index is 0.205. The summed E-state index contributed by atoms with van der Waals surface area (Å²) in [4.78, 5) is 7.45. The molecular weight excluding hydrogens is 236 g/mol. The largest absolute Gasteiger partial charge is 0.246 e. The molecule has 15 heavy (non-hydrogen) atoms. The van der Waals surface area contributed by atoms with Gasteiger partial charge in [0, 0.05) is 30.6 Å². The predicted octanol–water partition coefficient (Wildman–Crippen LogP) is 2.13. The van der Waals surface area contributed by atoms with E-state index in [9.17, 15) is 8.42 Å². The maximum atomic E-state index is 11.2. The van der Waals surface area contributed by atoms with Crippen molar-refractivity contribution in [1.82, 2.24) is 0 Å². The highest BCUT2D eigenvalue weighted by atomic mass is 35.5. The molecule has 0 heterocycles. The predicted molar refractivity (Wildman–Crippen MR) is 65.2 cm³/mol. The number of sulfone groups is 1. The van der Waals surface area contributed by atoms with E-state index in [1.165, 1.54) is 17.9 Å². The maximum Gasteiger partial charge on any atom is 0.246 e. The molecule has 0 aliphatic rings. The standard InChI is InChI=1S/C9H13ClN2O2S/c1-3-7-11-9(15(2,13)14)12-8-5-4-6-10/h3-4,6-8H,5H2,1-2H3/b6-4+,7-3+,11-9+,12-8+. The number of halogens is 1. The topological polar surface area (TPSA) is 58.9 Å². The Morgan fingerprint density at radius 1 is 1.47 bits per heavy atom. The molecule has 0 saturated heterocycles. The van der Waals surface area contributed by atoms with Crippen LogP contribution < -0.4 is 0 Å². The van der Waals surface area contributed by atoms with Gasteiger partial charge >= 0.3 is 0 Å². The molecular formula is C9H13ClN2O2S. The zero-order valence-corrected chi connectivity index (χ0v) is 10.2. The lowest BCUT2D eigenvalue weighted by Crippen LogP contribution is -2.09. The fourth-order valence-electron chi connectivity index (χ4n) is 0.606. The molecule has 0 aromatic heterocycles. The summed E-state index contributed by atoms with van der Waals surface area (Å²) in [6, 6.07) is 0. The van der Waals surface area contributed by atoms with Gasteiger partial charge in [0.2, 0.25) is 15.0 Å².